The highest BCUT2D eigenvalue weighted by Crippen LogP contribution is 2.43. The van der Waals surface area contributed by atoms with E-state index >= 15 is 0 Å². The molecule has 200 valence electrons. The van der Waals surface area contributed by atoms with Crippen molar-refractivity contribution in [3.63, 3.8) is 0 Å². The predicted molar refractivity (Wildman–Crippen MR) is 136 cm³/mol. The average Bonchev–Trinajstić information content (AvgIpc) is 3.18. The van der Waals surface area contributed by atoms with E-state index in [2.05, 4.69) is 15.7 Å². The highest BCUT2D eigenvalue weighted by atomic mass is 32.2. The Hall–Kier alpha value is -3.80. The third-order valence-corrected chi connectivity index (χ3v) is 7.53. The molecule has 3 aromatic rings. The van der Waals surface area contributed by atoms with Gasteiger partial charge in [0.2, 0.25) is 5.91 Å². The number of halogens is 2. The SMILES string of the molecule is CCOc1ccc2c(c1)CCC[C@]21Cn2nc(-c3ccc(F)c(F)c3)c(NC(=O)CS(C)(=O)=O)c2C(=O)N1. The van der Waals surface area contributed by atoms with Crippen molar-refractivity contribution in [2.45, 2.75) is 38.3 Å². The van der Waals surface area contributed by atoms with Gasteiger partial charge in [-0.25, -0.2) is 17.2 Å². The second-order valence-electron chi connectivity index (χ2n) is 9.62. The largest absolute Gasteiger partial charge is 0.494 e. The number of fused-ring (bicyclic) bond motifs is 3. The number of anilines is 1. The molecule has 0 saturated heterocycles. The maximum atomic E-state index is 14.1. The molecular formula is C26H26F2N4O5S. The average molecular weight is 545 g/mol. The van der Waals surface area contributed by atoms with E-state index in [9.17, 15) is 26.8 Å². The number of carbonyl (C=O) groups excluding carboxylic acids is 2. The van der Waals surface area contributed by atoms with Crippen molar-refractivity contribution in [2.75, 3.05) is 23.9 Å². The molecule has 1 spiro atoms. The summed E-state index contributed by atoms with van der Waals surface area (Å²) in [5.74, 6) is -3.70. The lowest BCUT2D eigenvalue weighted by atomic mass is 9.75. The number of nitrogens with one attached hydrogen (secondary N) is 2. The van der Waals surface area contributed by atoms with Crippen molar-refractivity contribution in [1.29, 1.82) is 0 Å². The maximum absolute atomic E-state index is 14.1. The summed E-state index contributed by atoms with van der Waals surface area (Å²) in [5.41, 5.74) is 1.26. The molecule has 0 bridgehead atoms. The third kappa shape index (κ3) is 4.75. The highest BCUT2D eigenvalue weighted by molar-refractivity contribution is 7.91. The number of carbonyl (C=O) groups is 2. The van der Waals surface area contributed by atoms with Crippen LogP contribution in [0.25, 0.3) is 11.3 Å². The Morgan fingerprint density at radius 3 is 2.71 bits per heavy atom. The van der Waals surface area contributed by atoms with E-state index in [0.717, 1.165) is 48.1 Å². The van der Waals surface area contributed by atoms with Gasteiger partial charge in [0.15, 0.2) is 27.2 Å². The lowest BCUT2D eigenvalue weighted by molar-refractivity contribution is -0.113. The predicted octanol–water partition coefficient (Wildman–Crippen LogP) is 3.19. The van der Waals surface area contributed by atoms with Gasteiger partial charge < -0.3 is 15.4 Å². The summed E-state index contributed by atoms with van der Waals surface area (Å²) in [4.78, 5) is 26.2. The van der Waals surface area contributed by atoms with Crippen LogP contribution in [0.2, 0.25) is 0 Å². The molecule has 2 aromatic carbocycles. The molecular weight excluding hydrogens is 518 g/mol. The van der Waals surface area contributed by atoms with E-state index in [1.54, 1.807) is 0 Å². The maximum Gasteiger partial charge on any atom is 0.272 e. The number of amides is 2. The van der Waals surface area contributed by atoms with Gasteiger partial charge in [-0.1, -0.05) is 6.07 Å². The van der Waals surface area contributed by atoms with E-state index in [1.807, 2.05) is 25.1 Å². The molecule has 5 rings (SSSR count). The second-order valence-corrected chi connectivity index (χ2v) is 11.8. The van der Waals surface area contributed by atoms with Crippen molar-refractivity contribution in [3.8, 4) is 17.0 Å². The van der Waals surface area contributed by atoms with Crippen molar-refractivity contribution in [3.05, 3.63) is 64.9 Å². The Balaban J connectivity index is 1.61. The first-order valence-corrected chi connectivity index (χ1v) is 14.2. The summed E-state index contributed by atoms with van der Waals surface area (Å²) in [7, 11) is -3.67. The standard InChI is InChI=1S/C26H26F2N4O5S/c1-3-37-17-7-8-18-15(11-17)5-4-10-26(18)14-32-24(25(34)30-26)23(29-21(33)13-38(2,35)36)22(31-32)16-6-9-19(27)20(28)12-16/h6-9,11-12H,3-5,10,13-14H2,1-2H3,(H,29,33)(H,30,34)/t26-/m0/s1. The molecule has 12 heteroatoms. The smallest absolute Gasteiger partial charge is 0.272 e. The van der Waals surface area contributed by atoms with Gasteiger partial charge in [-0.2, -0.15) is 5.10 Å². The minimum absolute atomic E-state index is 0.00438. The van der Waals surface area contributed by atoms with Crippen molar-refractivity contribution in [1.82, 2.24) is 15.1 Å². The van der Waals surface area contributed by atoms with Crippen LogP contribution >= 0.6 is 0 Å². The first kappa shape index (κ1) is 25.8. The fourth-order valence-corrected chi connectivity index (χ4v) is 5.81. The fourth-order valence-electron chi connectivity index (χ4n) is 5.27. The van der Waals surface area contributed by atoms with Gasteiger partial charge in [0, 0.05) is 11.8 Å². The quantitative estimate of drug-likeness (QED) is 0.492. The summed E-state index contributed by atoms with van der Waals surface area (Å²) in [6.45, 7) is 2.64. The van der Waals surface area contributed by atoms with Gasteiger partial charge >= 0.3 is 0 Å². The number of nitrogens with zero attached hydrogens (tertiary/aromatic N) is 2. The number of rotatable bonds is 6. The zero-order valence-electron chi connectivity index (χ0n) is 20.8. The molecule has 0 radical (unpaired) electrons. The topological polar surface area (TPSA) is 119 Å². The Labute approximate surface area is 218 Å². The number of hydrogen-bond donors (Lipinski definition) is 2. The molecule has 2 heterocycles. The minimum atomic E-state index is -3.67. The summed E-state index contributed by atoms with van der Waals surface area (Å²) in [5, 5.41) is 10.1. The van der Waals surface area contributed by atoms with Crippen LogP contribution in [0.3, 0.4) is 0 Å². The van der Waals surface area contributed by atoms with E-state index in [4.69, 9.17) is 4.74 Å². The lowest BCUT2D eigenvalue weighted by Gasteiger charge is -2.42. The fraction of sp³-hybridized carbons (Fsp3) is 0.346. The van der Waals surface area contributed by atoms with Crippen LogP contribution in [0.15, 0.2) is 36.4 Å². The van der Waals surface area contributed by atoms with Crippen molar-refractivity contribution >= 4 is 27.3 Å². The van der Waals surface area contributed by atoms with Crippen LogP contribution < -0.4 is 15.4 Å². The zero-order valence-corrected chi connectivity index (χ0v) is 21.6. The molecule has 1 aliphatic carbocycles. The number of benzene rings is 2. The minimum Gasteiger partial charge on any atom is -0.494 e. The normalized spacial score (nSPS) is 18.5. The molecule has 38 heavy (non-hydrogen) atoms. The molecule has 0 fully saturated rings. The third-order valence-electron chi connectivity index (χ3n) is 6.74. The Bertz CT molecular complexity index is 1570. The Morgan fingerprint density at radius 1 is 1.21 bits per heavy atom. The van der Waals surface area contributed by atoms with Crippen LogP contribution in [0, 0.1) is 11.6 Å². The summed E-state index contributed by atoms with van der Waals surface area (Å²) in [6, 6.07) is 8.85. The van der Waals surface area contributed by atoms with E-state index < -0.39 is 44.6 Å². The van der Waals surface area contributed by atoms with Crippen molar-refractivity contribution < 1.29 is 31.5 Å². The number of aromatic nitrogens is 2. The van der Waals surface area contributed by atoms with Crippen LogP contribution in [0.1, 0.15) is 41.4 Å². The van der Waals surface area contributed by atoms with Crippen LogP contribution in [-0.2, 0) is 33.1 Å². The highest BCUT2D eigenvalue weighted by Gasteiger charge is 2.45. The van der Waals surface area contributed by atoms with E-state index in [0.29, 0.717) is 13.0 Å². The summed E-state index contributed by atoms with van der Waals surface area (Å²) < 4.78 is 58.2. The van der Waals surface area contributed by atoms with E-state index in [-0.39, 0.29) is 29.2 Å². The first-order valence-electron chi connectivity index (χ1n) is 12.1. The molecule has 9 nitrogen and oxygen atoms in total. The molecule has 0 saturated carbocycles. The Morgan fingerprint density at radius 2 is 2.00 bits per heavy atom. The number of sulfone groups is 1. The van der Waals surface area contributed by atoms with Gasteiger partial charge in [-0.05, 0) is 67.6 Å². The molecule has 1 aromatic heterocycles. The van der Waals surface area contributed by atoms with Crippen LogP contribution in [-0.4, -0.2) is 48.6 Å². The molecule has 0 unspecified atom stereocenters. The van der Waals surface area contributed by atoms with Crippen molar-refractivity contribution in [2.24, 2.45) is 0 Å². The first-order chi connectivity index (χ1) is 18.0. The van der Waals surface area contributed by atoms with Gasteiger partial charge in [0.25, 0.3) is 5.91 Å². The van der Waals surface area contributed by atoms with Crippen LogP contribution in [0.5, 0.6) is 5.75 Å². The monoisotopic (exact) mass is 544 g/mol. The second kappa shape index (κ2) is 9.50. The zero-order chi connectivity index (χ0) is 27.2. The van der Waals surface area contributed by atoms with Gasteiger partial charge in [0.1, 0.15) is 22.9 Å². The summed E-state index contributed by atoms with van der Waals surface area (Å²) >= 11 is 0. The van der Waals surface area contributed by atoms with Gasteiger partial charge in [-0.3, -0.25) is 14.3 Å². The van der Waals surface area contributed by atoms with E-state index in [1.165, 1.54) is 10.7 Å². The number of hydrogen-bond acceptors (Lipinski definition) is 6. The molecule has 2 N–H and O–H groups in total. The molecule has 1 aliphatic heterocycles. The number of ether oxygens (including phenoxy) is 1. The summed E-state index contributed by atoms with van der Waals surface area (Å²) in [6.07, 6.45) is 3.15. The van der Waals surface area contributed by atoms with Crippen LogP contribution in [0.4, 0.5) is 14.5 Å². The molecule has 2 aliphatic rings. The number of aryl methyl sites for hydroxylation is 1. The Kier molecular flexibility index (Phi) is 6.46. The van der Waals surface area contributed by atoms with Gasteiger partial charge in [0.05, 0.1) is 18.7 Å². The molecule has 2 amide bonds. The van der Waals surface area contributed by atoms with Gasteiger partial charge in [-0.15, -0.1) is 0 Å². The lowest BCUT2D eigenvalue weighted by Crippen LogP contribution is -2.55. The molecule has 1 atom stereocenters.